The molecule has 1 amide bonds. The molecule has 1 saturated heterocycles. The van der Waals surface area contributed by atoms with E-state index < -0.39 is 0 Å². The quantitative estimate of drug-likeness (QED) is 0.866. The molecule has 118 valence electrons. The van der Waals surface area contributed by atoms with Gasteiger partial charge in [-0.2, -0.15) is 0 Å². The lowest BCUT2D eigenvalue weighted by atomic mass is 9.87. The van der Waals surface area contributed by atoms with E-state index >= 15 is 0 Å². The first-order chi connectivity index (χ1) is 9.35. The zero-order valence-corrected chi connectivity index (χ0v) is 14.1. The molecule has 0 saturated carbocycles. The Morgan fingerprint density at radius 3 is 2.48 bits per heavy atom. The summed E-state index contributed by atoms with van der Waals surface area (Å²) >= 11 is 0. The molecule has 0 aliphatic carbocycles. The normalized spacial score (nSPS) is 18.4. The van der Waals surface area contributed by atoms with Gasteiger partial charge >= 0.3 is 0 Å². The molecule has 0 bridgehead atoms. The highest BCUT2D eigenvalue weighted by Gasteiger charge is 2.31. The number of carbonyl (C=O) groups is 1. The van der Waals surface area contributed by atoms with E-state index in [4.69, 9.17) is 5.73 Å². The third-order valence-corrected chi connectivity index (χ3v) is 3.88. The van der Waals surface area contributed by atoms with Gasteiger partial charge in [0.1, 0.15) is 0 Å². The summed E-state index contributed by atoms with van der Waals surface area (Å²) in [6.45, 7) is 7.64. The number of benzene rings is 1. The van der Waals surface area contributed by atoms with Crippen LogP contribution in [-0.2, 0) is 11.2 Å². The fraction of sp³-hybridized carbons (Fsp3) is 0.588. The van der Waals surface area contributed by atoms with E-state index in [0.717, 1.165) is 37.1 Å². The maximum atomic E-state index is 12.5. The highest BCUT2D eigenvalue weighted by molar-refractivity contribution is 5.85. The van der Waals surface area contributed by atoms with E-state index in [1.807, 2.05) is 24.3 Å². The molecule has 3 nitrogen and oxygen atoms in total. The maximum absolute atomic E-state index is 12.5. The molecule has 2 rings (SSSR count). The van der Waals surface area contributed by atoms with Crippen molar-refractivity contribution in [3.8, 4) is 0 Å². The molecule has 0 spiro atoms. The number of nitrogen functional groups attached to an aromatic ring is 1. The molecule has 0 aromatic heterocycles. The average molecular weight is 311 g/mol. The summed E-state index contributed by atoms with van der Waals surface area (Å²) in [6.07, 6.45) is 3.85. The highest BCUT2D eigenvalue weighted by Crippen LogP contribution is 2.30. The van der Waals surface area contributed by atoms with Crippen molar-refractivity contribution in [2.24, 2.45) is 5.41 Å². The molecule has 0 radical (unpaired) electrons. The van der Waals surface area contributed by atoms with Gasteiger partial charge in [0, 0.05) is 18.3 Å². The Bertz CT molecular complexity index is 465. The van der Waals surface area contributed by atoms with E-state index in [1.54, 1.807) is 0 Å². The SMILES string of the molecule is CC(C)(C)CC1CCCN1C(=O)Cc1ccc(N)cc1.Cl. The highest BCUT2D eigenvalue weighted by atomic mass is 35.5. The summed E-state index contributed by atoms with van der Waals surface area (Å²) < 4.78 is 0. The predicted octanol–water partition coefficient (Wildman–Crippen LogP) is 3.66. The minimum absolute atomic E-state index is 0. The van der Waals surface area contributed by atoms with Gasteiger partial charge in [0.25, 0.3) is 0 Å². The lowest BCUT2D eigenvalue weighted by molar-refractivity contribution is -0.131. The molecule has 1 aromatic carbocycles. The summed E-state index contributed by atoms with van der Waals surface area (Å²) in [6, 6.07) is 8.03. The van der Waals surface area contributed by atoms with E-state index in [9.17, 15) is 4.79 Å². The van der Waals surface area contributed by atoms with Crippen LogP contribution >= 0.6 is 12.4 Å². The number of hydrogen-bond donors (Lipinski definition) is 1. The Morgan fingerprint density at radius 1 is 1.29 bits per heavy atom. The molecule has 21 heavy (non-hydrogen) atoms. The van der Waals surface area contributed by atoms with Crippen molar-refractivity contribution in [3.05, 3.63) is 29.8 Å². The topological polar surface area (TPSA) is 46.3 Å². The Hall–Kier alpha value is -1.22. The van der Waals surface area contributed by atoms with Crippen LogP contribution in [0, 0.1) is 5.41 Å². The zero-order chi connectivity index (χ0) is 14.8. The minimum atomic E-state index is 0. The van der Waals surface area contributed by atoms with Gasteiger partial charge in [-0.3, -0.25) is 4.79 Å². The molecule has 1 unspecified atom stereocenters. The second-order valence-corrected chi connectivity index (χ2v) is 7.07. The van der Waals surface area contributed by atoms with Crippen molar-refractivity contribution < 1.29 is 4.79 Å². The van der Waals surface area contributed by atoms with Crippen molar-refractivity contribution in [3.63, 3.8) is 0 Å². The van der Waals surface area contributed by atoms with Crippen LogP contribution in [0.4, 0.5) is 5.69 Å². The zero-order valence-electron chi connectivity index (χ0n) is 13.3. The Kier molecular flexibility index (Phi) is 6.09. The molecule has 2 N–H and O–H groups in total. The van der Waals surface area contributed by atoms with Crippen LogP contribution in [0.25, 0.3) is 0 Å². The Morgan fingerprint density at radius 2 is 1.90 bits per heavy atom. The minimum Gasteiger partial charge on any atom is -0.399 e. The molecule has 1 aliphatic heterocycles. The summed E-state index contributed by atoms with van der Waals surface area (Å²) in [5.41, 5.74) is 7.74. The number of amides is 1. The smallest absolute Gasteiger partial charge is 0.227 e. The first-order valence-corrected chi connectivity index (χ1v) is 7.49. The molecule has 1 aromatic rings. The van der Waals surface area contributed by atoms with E-state index in [0.29, 0.717) is 12.5 Å². The van der Waals surface area contributed by atoms with Crippen LogP contribution in [-0.4, -0.2) is 23.4 Å². The lowest BCUT2D eigenvalue weighted by Crippen LogP contribution is -2.38. The third-order valence-electron chi connectivity index (χ3n) is 3.88. The van der Waals surface area contributed by atoms with Gasteiger partial charge in [0.2, 0.25) is 5.91 Å². The Labute approximate surface area is 134 Å². The van der Waals surface area contributed by atoms with Crippen LogP contribution in [0.1, 0.15) is 45.6 Å². The first kappa shape index (κ1) is 17.8. The molecule has 1 heterocycles. The second kappa shape index (κ2) is 7.17. The summed E-state index contributed by atoms with van der Waals surface area (Å²) in [4.78, 5) is 14.6. The van der Waals surface area contributed by atoms with Gasteiger partial charge < -0.3 is 10.6 Å². The van der Waals surface area contributed by atoms with Crippen molar-refractivity contribution in [1.29, 1.82) is 0 Å². The van der Waals surface area contributed by atoms with Crippen LogP contribution in [0.5, 0.6) is 0 Å². The number of likely N-dealkylation sites (tertiary alicyclic amines) is 1. The third kappa shape index (κ3) is 5.24. The maximum Gasteiger partial charge on any atom is 0.227 e. The van der Waals surface area contributed by atoms with Crippen LogP contribution in [0.3, 0.4) is 0 Å². The Balaban J connectivity index is 0.00000220. The van der Waals surface area contributed by atoms with Gasteiger partial charge in [0.15, 0.2) is 0 Å². The van der Waals surface area contributed by atoms with Gasteiger partial charge in [0.05, 0.1) is 6.42 Å². The molecule has 4 heteroatoms. The van der Waals surface area contributed by atoms with Crippen molar-refractivity contribution in [2.75, 3.05) is 12.3 Å². The summed E-state index contributed by atoms with van der Waals surface area (Å²) in [5, 5.41) is 0. The van der Waals surface area contributed by atoms with Gasteiger partial charge in [-0.1, -0.05) is 32.9 Å². The van der Waals surface area contributed by atoms with E-state index in [2.05, 4.69) is 25.7 Å². The molecular weight excluding hydrogens is 284 g/mol. The van der Waals surface area contributed by atoms with Crippen molar-refractivity contribution >= 4 is 24.0 Å². The van der Waals surface area contributed by atoms with Crippen LogP contribution < -0.4 is 5.73 Å². The standard InChI is InChI=1S/C17H26N2O.ClH/c1-17(2,3)12-15-5-4-10-19(15)16(20)11-13-6-8-14(18)9-7-13;/h6-9,15H,4-5,10-12,18H2,1-3H3;1H. The summed E-state index contributed by atoms with van der Waals surface area (Å²) in [5.74, 6) is 0.251. The van der Waals surface area contributed by atoms with Gasteiger partial charge in [-0.25, -0.2) is 0 Å². The number of rotatable bonds is 3. The number of carbonyl (C=O) groups excluding carboxylic acids is 1. The van der Waals surface area contributed by atoms with Gasteiger partial charge in [-0.05, 0) is 42.4 Å². The van der Waals surface area contributed by atoms with Crippen LogP contribution in [0.15, 0.2) is 24.3 Å². The number of nitrogens with two attached hydrogens (primary N) is 1. The largest absolute Gasteiger partial charge is 0.399 e. The fourth-order valence-electron chi connectivity index (χ4n) is 2.99. The predicted molar refractivity (Wildman–Crippen MR) is 90.6 cm³/mol. The fourth-order valence-corrected chi connectivity index (χ4v) is 2.99. The van der Waals surface area contributed by atoms with E-state index in [1.165, 1.54) is 0 Å². The molecule has 1 fully saturated rings. The number of anilines is 1. The summed E-state index contributed by atoms with van der Waals surface area (Å²) in [7, 11) is 0. The second-order valence-electron chi connectivity index (χ2n) is 7.07. The lowest BCUT2D eigenvalue weighted by Gasteiger charge is -2.30. The monoisotopic (exact) mass is 310 g/mol. The number of hydrogen-bond acceptors (Lipinski definition) is 2. The molecular formula is C17H27ClN2O. The van der Waals surface area contributed by atoms with Crippen molar-refractivity contribution in [2.45, 2.75) is 52.5 Å². The molecule has 1 atom stereocenters. The number of halogens is 1. The number of nitrogens with zero attached hydrogens (tertiary/aromatic N) is 1. The van der Waals surface area contributed by atoms with Crippen LogP contribution in [0.2, 0.25) is 0 Å². The first-order valence-electron chi connectivity index (χ1n) is 7.49. The average Bonchev–Trinajstić information content (AvgIpc) is 2.78. The van der Waals surface area contributed by atoms with Crippen molar-refractivity contribution in [1.82, 2.24) is 4.90 Å². The van der Waals surface area contributed by atoms with E-state index in [-0.39, 0.29) is 23.7 Å². The van der Waals surface area contributed by atoms with Gasteiger partial charge in [-0.15, -0.1) is 12.4 Å². The molecule has 1 aliphatic rings.